The molecule has 0 aliphatic carbocycles. The van der Waals surface area contributed by atoms with E-state index in [4.69, 9.17) is 9.15 Å². The Hall–Kier alpha value is -3.49. The van der Waals surface area contributed by atoms with Gasteiger partial charge >= 0.3 is 5.97 Å². The fourth-order valence-electron chi connectivity index (χ4n) is 3.71. The predicted molar refractivity (Wildman–Crippen MR) is 131 cm³/mol. The minimum absolute atomic E-state index is 0.162. The van der Waals surface area contributed by atoms with Crippen molar-refractivity contribution in [2.75, 3.05) is 0 Å². The summed E-state index contributed by atoms with van der Waals surface area (Å²) in [6.07, 6.45) is 4.28. The molecule has 4 rings (SSSR count). The van der Waals surface area contributed by atoms with Crippen molar-refractivity contribution < 1.29 is 24.8 Å². The first-order valence-corrected chi connectivity index (χ1v) is 12.1. The van der Waals surface area contributed by atoms with Crippen LogP contribution >= 0.6 is 11.3 Å². The summed E-state index contributed by atoms with van der Waals surface area (Å²) in [7, 11) is 0. The van der Waals surface area contributed by atoms with Gasteiger partial charge in [0.1, 0.15) is 23.3 Å². The molecule has 2 aromatic carbocycles. The predicted octanol–water partition coefficient (Wildman–Crippen LogP) is 4.03. The topological polar surface area (TPSA) is 117 Å². The highest BCUT2D eigenvalue weighted by molar-refractivity contribution is 7.09. The zero-order valence-corrected chi connectivity index (χ0v) is 20.0. The molecule has 7 nitrogen and oxygen atoms in total. The molecule has 0 saturated heterocycles. The van der Waals surface area contributed by atoms with Crippen LogP contribution in [0.4, 0.5) is 0 Å². The van der Waals surface area contributed by atoms with Crippen LogP contribution in [0.1, 0.15) is 35.9 Å². The van der Waals surface area contributed by atoms with Crippen LogP contribution in [0.15, 0.2) is 57.3 Å². The number of phenolic OH excluding ortho intramolecular Hbond substituents is 1. The number of ether oxygens (including phenoxy) is 1. The Bertz CT molecular complexity index is 1370. The van der Waals surface area contributed by atoms with Crippen molar-refractivity contribution in [3.05, 3.63) is 74.4 Å². The number of hydrogen-bond donors (Lipinski definition) is 2. The van der Waals surface area contributed by atoms with E-state index >= 15 is 0 Å². The number of nitrogens with zero attached hydrogens (tertiary/aromatic N) is 1. The SMILES string of the molecule is CCCCc1cc2c(=O)c(-c3csc(C)n3)coc2cc1OC(=O)[C@H]([NH3+])Cc1ccc(O)cc1. The highest BCUT2D eigenvalue weighted by Crippen LogP contribution is 2.29. The van der Waals surface area contributed by atoms with Gasteiger partial charge in [-0.15, -0.1) is 11.3 Å². The van der Waals surface area contributed by atoms with Crippen LogP contribution in [0, 0.1) is 6.92 Å². The van der Waals surface area contributed by atoms with Gasteiger partial charge in [-0.05, 0) is 49.1 Å². The van der Waals surface area contributed by atoms with E-state index < -0.39 is 12.0 Å². The number of rotatable bonds is 8. The highest BCUT2D eigenvalue weighted by atomic mass is 32.1. The second-order valence-electron chi connectivity index (χ2n) is 8.28. The summed E-state index contributed by atoms with van der Waals surface area (Å²) in [6.45, 7) is 3.96. The molecule has 34 heavy (non-hydrogen) atoms. The number of carbonyl (C=O) groups excluding carboxylic acids is 1. The number of aryl methyl sites for hydroxylation is 2. The van der Waals surface area contributed by atoms with E-state index in [9.17, 15) is 14.7 Å². The lowest BCUT2D eigenvalue weighted by molar-refractivity contribution is -0.406. The first-order chi connectivity index (χ1) is 16.4. The quantitative estimate of drug-likeness (QED) is 0.291. The molecule has 0 unspecified atom stereocenters. The van der Waals surface area contributed by atoms with E-state index in [0.29, 0.717) is 40.8 Å². The number of benzene rings is 2. The molecule has 0 spiro atoms. The Balaban J connectivity index is 1.64. The summed E-state index contributed by atoms with van der Waals surface area (Å²) in [6, 6.07) is 9.38. The molecule has 8 heteroatoms. The van der Waals surface area contributed by atoms with Gasteiger partial charge in [0.05, 0.1) is 21.7 Å². The van der Waals surface area contributed by atoms with Crippen molar-refractivity contribution in [2.45, 2.75) is 45.6 Å². The normalized spacial score (nSPS) is 12.1. The number of carbonyl (C=O) groups is 1. The van der Waals surface area contributed by atoms with E-state index in [1.54, 1.807) is 36.4 Å². The molecule has 0 aliphatic rings. The minimum Gasteiger partial charge on any atom is -0.508 e. The second kappa shape index (κ2) is 10.2. The van der Waals surface area contributed by atoms with E-state index in [1.165, 1.54) is 17.6 Å². The Kier molecular flexibility index (Phi) is 7.09. The second-order valence-corrected chi connectivity index (χ2v) is 9.34. The first-order valence-electron chi connectivity index (χ1n) is 11.2. The number of hydrogen-bond acceptors (Lipinski definition) is 7. The molecule has 1 atom stereocenters. The van der Waals surface area contributed by atoms with Crippen molar-refractivity contribution in [2.24, 2.45) is 0 Å². The van der Waals surface area contributed by atoms with Crippen LogP contribution in [0.2, 0.25) is 0 Å². The molecule has 176 valence electrons. The van der Waals surface area contributed by atoms with Crippen LogP contribution in [-0.4, -0.2) is 22.1 Å². The fraction of sp³-hybridized carbons (Fsp3) is 0.269. The number of phenols is 1. The van der Waals surface area contributed by atoms with Crippen LogP contribution in [0.3, 0.4) is 0 Å². The van der Waals surface area contributed by atoms with Gasteiger partial charge in [-0.25, -0.2) is 9.78 Å². The summed E-state index contributed by atoms with van der Waals surface area (Å²) in [5, 5.41) is 12.6. The number of thiazole rings is 1. The molecule has 0 bridgehead atoms. The molecule has 0 fully saturated rings. The number of fused-ring (bicyclic) bond motifs is 1. The Labute approximate surface area is 200 Å². The molecule has 4 aromatic rings. The molecular weight excluding hydrogens is 452 g/mol. The smallest absolute Gasteiger partial charge is 0.370 e. The Morgan fingerprint density at radius 1 is 1.26 bits per heavy atom. The average molecular weight is 480 g/mol. The van der Waals surface area contributed by atoms with Crippen molar-refractivity contribution in [1.82, 2.24) is 4.98 Å². The lowest BCUT2D eigenvalue weighted by Crippen LogP contribution is -2.67. The van der Waals surface area contributed by atoms with Gasteiger partial charge in [-0.2, -0.15) is 0 Å². The summed E-state index contributed by atoms with van der Waals surface area (Å²) in [5.41, 5.74) is 6.79. The first kappa shape index (κ1) is 23.7. The van der Waals surface area contributed by atoms with Gasteiger partial charge < -0.3 is 20.0 Å². The van der Waals surface area contributed by atoms with Crippen LogP contribution in [0.25, 0.3) is 22.2 Å². The van der Waals surface area contributed by atoms with E-state index in [1.807, 2.05) is 12.3 Å². The maximum Gasteiger partial charge on any atom is 0.370 e. The molecular formula is C26H27N2O5S+. The molecule has 0 amide bonds. The molecule has 2 heterocycles. The van der Waals surface area contributed by atoms with E-state index in [0.717, 1.165) is 29.0 Å². The summed E-state index contributed by atoms with van der Waals surface area (Å²) >= 11 is 1.47. The molecule has 0 saturated carbocycles. The van der Waals surface area contributed by atoms with E-state index in [2.05, 4.69) is 17.6 Å². The fourth-order valence-corrected chi connectivity index (χ4v) is 4.33. The van der Waals surface area contributed by atoms with Gasteiger partial charge in [0.2, 0.25) is 5.43 Å². The molecule has 2 aromatic heterocycles. The minimum atomic E-state index is -0.637. The maximum absolute atomic E-state index is 13.2. The van der Waals surface area contributed by atoms with Gasteiger partial charge in [0, 0.05) is 17.9 Å². The monoisotopic (exact) mass is 479 g/mol. The number of quaternary nitrogens is 1. The third-order valence-electron chi connectivity index (χ3n) is 5.61. The Morgan fingerprint density at radius 2 is 2.03 bits per heavy atom. The zero-order valence-electron chi connectivity index (χ0n) is 19.2. The van der Waals surface area contributed by atoms with Crippen molar-refractivity contribution in [3.8, 4) is 22.8 Å². The van der Waals surface area contributed by atoms with Crippen molar-refractivity contribution in [3.63, 3.8) is 0 Å². The molecule has 0 aliphatic heterocycles. The van der Waals surface area contributed by atoms with Crippen molar-refractivity contribution in [1.29, 1.82) is 0 Å². The highest BCUT2D eigenvalue weighted by Gasteiger charge is 2.23. The summed E-state index contributed by atoms with van der Waals surface area (Å²) in [4.78, 5) is 30.4. The number of esters is 1. The zero-order chi connectivity index (χ0) is 24.2. The van der Waals surface area contributed by atoms with Gasteiger partial charge in [0.15, 0.2) is 6.04 Å². The maximum atomic E-state index is 13.2. The largest absolute Gasteiger partial charge is 0.508 e. The Morgan fingerprint density at radius 3 is 2.71 bits per heavy atom. The lowest BCUT2D eigenvalue weighted by Gasteiger charge is -2.13. The van der Waals surface area contributed by atoms with Crippen LogP contribution < -0.4 is 15.9 Å². The van der Waals surface area contributed by atoms with Gasteiger partial charge in [-0.3, -0.25) is 4.79 Å². The van der Waals surface area contributed by atoms with Crippen molar-refractivity contribution >= 4 is 28.3 Å². The summed E-state index contributed by atoms with van der Waals surface area (Å²) < 4.78 is 11.5. The average Bonchev–Trinajstić information content (AvgIpc) is 3.25. The van der Waals surface area contributed by atoms with Crippen LogP contribution in [0.5, 0.6) is 11.5 Å². The molecule has 4 N–H and O–H groups in total. The van der Waals surface area contributed by atoms with Gasteiger partial charge in [-0.1, -0.05) is 25.5 Å². The van der Waals surface area contributed by atoms with Crippen LogP contribution in [-0.2, 0) is 17.6 Å². The van der Waals surface area contributed by atoms with Gasteiger partial charge in [0.25, 0.3) is 0 Å². The number of aromatic hydroxyl groups is 1. The number of unbranched alkanes of at least 4 members (excludes halogenated alkanes) is 1. The van der Waals surface area contributed by atoms with E-state index in [-0.39, 0.29) is 11.2 Å². The summed E-state index contributed by atoms with van der Waals surface area (Å²) in [5.74, 6) is 0.0750. The number of aromatic nitrogens is 1. The third-order valence-corrected chi connectivity index (χ3v) is 6.39. The molecule has 0 radical (unpaired) electrons. The standard InChI is InChI=1S/C26H26N2O5S/c1-3-4-5-17-11-19-24(32-13-20(25(19)30)22-14-34-15(2)28-22)12-23(17)33-26(31)21(27)10-16-6-8-18(29)9-7-16/h6-9,11-14,21,29H,3-5,10,27H2,1-2H3/p+1/t21-/m1/s1. The lowest BCUT2D eigenvalue weighted by atomic mass is 10.0. The third kappa shape index (κ3) is 5.18.